The maximum Gasteiger partial charge on any atom is 0.125 e. The highest BCUT2D eigenvalue weighted by molar-refractivity contribution is 5.35. The molecule has 0 heterocycles. The third-order valence-corrected chi connectivity index (χ3v) is 2.34. The fourth-order valence-corrected chi connectivity index (χ4v) is 1.57. The van der Waals surface area contributed by atoms with E-state index in [0.29, 0.717) is 13.2 Å². The summed E-state index contributed by atoms with van der Waals surface area (Å²) in [7, 11) is 0. The minimum atomic E-state index is -0.505. The second-order valence-corrected chi connectivity index (χ2v) is 3.69. The molecule has 2 N–H and O–H groups in total. The summed E-state index contributed by atoms with van der Waals surface area (Å²) in [6.45, 7) is 6.16. The monoisotopic (exact) mass is 223 g/mol. The van der Waals surface area contributed by atoms with Crippen LogP contribution in [0.4, 0.5) is 0 Å². The van der Waals surface area contributed by atoms with Crippen LogP contribution < -0.4 is 10.1 Å². The lowest BCUT2D eigenvalue weighted by Gasteiger charge is -2.15. The fraction of sp³-hybridized carbons (Fsp3) is 0.538. The van der Waals surface area contributed by atoms with Crippen LogP contribution in [0, 0.1) is 0 Å². The Kier molecular flexibility index (Phi) is 5.90. The Labute approximate surface area is 97.4 Å². The van der Waals surface area contributed by atoms with E-state index in [-0.39, 0.29) is 0 Å². The van der Waals surface area contributed by atoms with Crippen molar-refractivity contribution in [1.29, 1.82) is 0 Å². The first-order valence-electron chi connectivity index (χ1n) is 5.90. The van der Waals surface area contributed by atoms with Gasteiger partial charge in [0.25, 0.3) is 0 Å². The first-order valence-corrected chi connectivity index (χ1v) is 5.90. The molecule has 3 nitrogen and oxygen atoms in total. The van der Waals surface area contributed by atoms with Crippen molar-refractivity contribution < 1.29 is 9.84 Å². The van der Waals surface area contributed by atoms with Gasteiger partial charge in [0, 0.05) is 12.1 Å². The van der Waals surface area contributed by atoms with Crippen LogP contribution in [0.3, 0.4) is 0 Å². The van der Waals surface area contributed by atoms with E-state index in [2.05, 4.69) is 12.2 Å². The van der Waals surface area contributed by atoms with Crippen LogP contribution in [0.5, 0.6) is 5.75 Å². The Bertz CT molecular complexity index is 302. The molecule has 0 radical (unpaired) electrons. The molecule has 1 rings (SSSR count). The molecule has 16 heavy (non-hydrogen) atoms. The zero-order chi connectivity index (χ0) is 11.8. The van der Waals surface area contributed by atoms with Crippen LogP contribution in [0.2, 0.25) is 0 Å². The van der Waals surface area contributed by atoms with Gasteiger partial charge in [-0.2, -0.15) is 0 Å². The maximum absolute atomic E-state index is 10.0. The largest absolute Gasteiger partial charge is 0.493 e. The smallest absolute Gasteiger partial charge is 0.125 e. The number of ether oxygens (including phenoxy) is 1. The van der Waals surface area contributed by atoms with E-state index in [0.717, 1.165) is 24.3 Å². The number of hydrogen-bond donors (Lipinski definition) is 2. The van der Waals surface area contributed by atoms with Crippen LogP contribution >= 0.6 is 0 Å². The van der Waals surface area contributed by atoms with Gasteiger partial charge in [-0.3, -0.25) is 0 Å². The molecule has 1 unspecified atom stereocenters. The summed E-state index contributed by atoms with van der Waals surface area (Å²) < 4.78 is 5.48. The molecule has 0 aliphatic rings. The molecular formula is C13H21NO2. The lowest BCUT2D eigenvalue weighted by Crippen LogP contribution is -2.22. The van der Waals surface area contributed by atoms with Crippen LogP contribution in [0.1, 0.15) is 31.9 Å². The van der Waals surface area contributed by atoms with Crippen molar-refractivity contribution in [3.63, 3.8) is 0 Å². The van der Waals surface area contributed by atoms with E-state index in [4.69, 9.17) is 4.74 Å². The van der Waals surface area contributed by atoms with Gasteiger partial charge in [-0.05, 0) is 26.0 Å². The molecule has 0 saturated carbocycles. The number of para-hydroxylation sites is 1. The molecule has 0 fully saturated rings. The Hall–Kier alpha value is -1.06. The lowest BCUT2D eigenvalue weighted by molar-refractivity contribution is 0.169. The molecule has 0 aromatic heterocycles. The van der Waals surface area contributed by atoms with Gasteiger partial charge in [-0.1, -0.05) is 25.1 Å². The van der Waals surface area contributed by atoms with Crippen molar-refractivity contribution in [2.45, 2.75) is 26.4 Å². The van der Waals surface area contributed by atoms with Gasteiger partial charge in [0.15, 0.2) is 0 Å². The highest BCUT2D eigenvalue weighted by Crippen LogP contribution is 2.24. The topological polar surface area (TPSA) is 41.5 Å². The lowest BCUT2D eigenvalue weighted by atomic mass is 10.1. The van der Waals surface area contributed by atoms with E-state index < -0.39 is 6.10 Å². The highest BCUT2D eigenvalue weighted by atomic mass is 16.5. The number of rotatable bonds is 7. The maximum atomic E-state index is 10.0. The molecule has 3 heteroatoms. The molecule has 0 spiro atoms. The SMILES string of the molecule is CCCNCC(O)c1ccccc1OCC. The average molecular weight is 223 g/mol. The van der Waals surface area contributed by atoms with E-state index in [1.54, 1.807) is 0 Å². The second kappa shape index (κ2) is 7.25. The summed E-state index contributed by atoms with van der Waals surface area (Å²) >= 11 is 0. The van der Waals surface area contributed by atoms with Crippen LogP contribution in [0.25, 0.3) is 0 Å². The summed E-state index contributed by atoms with van der Waals surface area (Å²) in [5.41, 5.74) is 0.855. The van der Waals surface area contributed by atoms with Crippen molar-refractivity contribution in [3.05, 3.63) is 29.8 Å². The van der Waals surface area contributed by atoms with Gasteiger partial charge in [-0.25, -0.2) is 0 Å². The summed E-state index contributed by atoms with van der Waals surface area (Å²) in [4.78, 5) is 0. The zero-order valence-electron chi connectivity index (χ0n) is 10.1. The van der Waals surface area contributed by atoms with Crippen molar-refractivity contribution in [2.24, 2.45) is 0 Å². The first-order chi connectivity index (χ1) is 7.79. The first kappa shape index (κ1) is 13.0. The highest BCUT2D eigenvalue weighted by Gasteiger charge is 2.11. The summed E-state index contributed by atoms with van der Waals surface area (Å²) in [5.74, 6) is 0.774. The third kappa shape index (κ3) is 3.83. The third-order valence-electron chi connectivity index (χ3n) is 2.34. The fourth-order valence-electron chi connectivity index (χ4n) is 1.57. The predicted molar refractivity (Wildman–Crippen MR) is 65.7 cm³/mol. The van der Waals surface area contributed by atoms with Crippen molar-refractivity contribution in [2.75, 3.05) is 19.7 Å². The summed E-state index contributed by atoms with van der Waals surface area (Å²) in [5, 5.41) is 13.2. The minimum Gasteiger partial charge on any atom is -0.493 e. The number of nitrogens with one attached hydrogen (secondary N) is 1. The van der Waals surface area contributed by atoms with Crippen LogP contribution in [-0.2, 0) is 0 Å². The molecule has 0 bridgehead atoms. The van der Waals surface area contributed by atoms with Crippen molar-refractivity contribution in [3.8, 4) is 5.75 Å². The quantitative estimate of drug-likeness (QED) is 0.696. The van der Waals surface area contributed by atoms with Gasteiger partial charge >= 0.3 is 0 Å². The van der Waals surface area contributed by atoms with E-state index in [9.17, 15) is 5.11 Å². The molecule has 1 atom stereocenters. The molecule has 0 saturated heterocycles. The number of benzene rings is 1. The van der Waals surface area contributed by atoms with Gasteiger partial charge < -0.3 is 15.2 Å². The van der Waals surface area contributed by atoms with Crippen molar-refractivity contribution in [1.82, 2.24) is 5.32 Å². The molecular weight excluding hydrogens is 202 g/mol. The standard InChI is InChI=1S/C13H21NO2/c1-3-9-14-10-12(15)11-7-5-6-8-13(11)16-4-2/h5-8,12,14-15H,3-4,9-10H2,1-2H3. The Morgan fingerprint density at radius 3 is 2.75 bits per heavy atom. The Morgan fingerprint density at radius 2 is 2.06 bits per heavy atom. The van der Waals surface area contributed by atoms with Crippen molar-refractivity contribution >= 4 is 0 Å². The number of hydrogen-bond acceptors (Lipinski definition) is 3. The van der Waals surface area contributed by atoms with Gasteiger partial charge in [-0.15, -0.1) is 0 Å². The molecule has 1 aromatic carbocycles. The molecule has 0 amide bonds. The average Bonchev–Trinajstić information content (AvgIpc) is 2.30. The van der Waals surface area contributed by atoms with Crippen LogP contribution in [0.15, 0.2) is 24.3 Å². The molecule has 0 aliphatic carbocycles. The molecule has 90 valence electrons. The Balaban J connectivity index is 2.62. The molecule has 0 aliphatic heterocycles. The van der Waals surface area contributed by atoms with Gasteiger partial charge in [0.05, 0.1) is 12.7 Å². The normalized spacial score (nSPS) is 12.4. The predicted octanol–water partition coefficient (Wildman–Crippen LogP) is 2.12. The number of aliphatic hydroxyl groups is 1. The van der Waals surface area contributed by atoms with E-state index >= 15 is 0 Å². The van der Waals surface area contributed by atoms with Gasteiger partial charge in [0.1, 0.15) is 5.75 Å². The van der Waals surface area contributed by atoms with Crippen LogP contribution in [-0.4, -0.2) is 24.8 Å². The van der Waals surface area contributed by atoms with Gasteiger partial charge in [0.2, 0.25) is 0 Å². The minimum absolute atomic E-state index is 0.505. The van der Waals surface area contributed by atoms with E-state index in [1.165, 1.54) is 0 Å². The second-order valence-electron chi connectivity index (χ2n) is 3.69. The summed E-state index contributed by atoms with van der Waals surface area (Å²) in [6, 6.07) is 7.63. The Morgan fingerprint density at radius 1 is 1.31 bits per heavy atom. The van der Waals surface area contributed by atoms with E-state index in [1.807, 2.05) is 31.2 Å². The number of aliphatic hydroxyl groups excluding tert-OH is 1. The molecule has 1 aromatic rings. The summed E-state index contributed by atoms with van der Waals surface area (Å²) in [6.07, 6.45) is 0.564. The zero-order valence-corrected chi connectivity index (χ0v) is 10.1.